The van der Waals surface area contributed by atoms with Crippen LogP contribution in [0.5, 0.6) is 0 Å². The summed E-state index contributed by atoms with van der Waals surface area (Å²) in [4.78, 5) is 4.26. The summed E-state index contributed by atoms with van der Waals surface area (Å²) in [5.41, 5.74) is 2.27. The molecule has 24 heavy (non-hydrogen) atoms. The molecule has 5 heteroatoms. The van der Waals surface area contributed by atoms with E-state index in [-0.39, 0.29) is 5.82 Å². The second-order valence-electron chi connectivity index (χ2n) is 6.67. The van der Waals surface area contributed by atoms with E-state index < -0.39 is 5.54 Å². The Balaban J connectivity index is 1.56. The van der Waals surface area contributed by atoms with Crippen molar-refractivity contribution in [2.24, 2.45) is 0 Å². The normalized spacial score (nSPS) is 19.3. The van der Waals surface area contributed by atoms with Crippen molar-refractivity contribution in [3.63, 3.8) is 0 Å². The maximum atomic E-state index is 14.2. The Bertz CT molecular complexity index is 750. The fourth-order valence-corrected chi connectivity index (χ4v) is 3.58. The first-order valence-corrected chi connectivity index (χ1v) is 8.69. The highest BCUT2D eigenvalue weighted by molar-refractivity contribution is 5.63. The Morgan fingerprint density at radius 1 is 1.04 bits per heavy atom. The van der Waals surface area contributed by atoms with Gasteiger partial charge in [-0.15, -0.1) is 10.2 Å². The second kappa shape index (κ2) is 6.30. The monoisotopic (exact) mass is 324 g/mol. The maximum Gasteiger partial charge on any atom is 0.149 e. The first kappa shape index (κ1) is 15.2. The number of nitrogens with zero attached hydrogens (tertiary/aromatic N) is 3. The molecule has 1 N–H and O–H groups in total. The van der Waals surface area contributed by atoms with E-state index >= 15 is 0 Å². The summed E-state index contributed by atoms with van der Waals surface area (Å²) in [5, 5.41) is 12.1. The third kappa shape index (κ3) is 2.79. The molecule has 1 fully saturated rings. The van der Waals surface area contributed by atoms with Crippen LogP contribution in [0.1, 0.15) is 56.3 Å². The summed E-state index contributed by atoms with van der Waals surface area (Å²) in [7, 11) is 0. The number of rotatable bonds is 4. The average Bonchev–Trinajstić information content (AvgIpc) is 2.60. The lowest BCUT2D eigenvalue weighted by atomic mass is 9.74. The summed E-state index contributed by atoms with van der Waals surface area (Å²) in [5.74, 6) is 0.418. The number of halogens is 1. The Morgan fingerprint density at radius 2 is 1.96 bits per heavy atom. The molecule has 4 rings (SSSR count). The molecule has 2 aliphatic carbocycles. The van der Waals surface area contributed by atoms with Crippen LogP contribution in [0, 0.1) is 5.82 Å². The smallest absolute Gasteiger partial charge is 0.149 e. The standard InChI is InChI=1S/C19H21FN4/c20-15-8-4-13-21-18(15)19(11-5-12-19)22-17-10-9-16(23-24-17)14-6-2-1-3-7-14/h4,6,8-10,13H,1-3,5,7,11-12H2,(H,22,24). The van der Waals surface area contributed by atoms with Crippen molar-refractivity contribution < 1.29 is 4.39 Å². The van der Waals surface area contributed by atoms with E-state index in [0.717, 1.165) is 37.8 Å². The Hall–Kier alpha value is -2.30. The molecular weight excluding hydrogens is 303 g/mol. The zero-order valence-corrected chi connectivity index (χ0v) is 13.6. The predicted octanol–water partition coefficient (Wildman–Crippen LogP) is 4.46. The molecule has 2 aromatic rings. The lowest BCUT2D eigenvalue weighted by molar-refractivity contribution is 0.265. The highest BCUT2D eigenvalue weighted by atomic mass is 19.1. The van der Waals surface area contributed by atoms with E-state index in [2.05, 4.69) is 26.6 Å². The van der Waals surface area contributed by atoms with Crippen LogP contribution in [-0.4, -0.2) is 15.2 Å². The maximum absolute atomic E-state index is 14.2. The van der Waals surface area contributed by atoms with Gasteiger partial charge in [-0.2, -0.15) is 0 Å². The summed E-state index contributed by atoms with van der Waals surface area (Å²) < 4.78 is 14.2. The zero-order chi connectivity index (χ0) is 16.4. The zero-order valence-electron chi connectivity index (χ0n) is 13.6. The van der Waals surface area contributed by atoms with Crippen molar-refractivity contribution >= 4 is 11.4 Å². The number of hydrogen-bond acceptors (Lipinski definition) is 4. The number of anilines is 1. The van der Waals surface area contributed by atoms with E-state index in [1.807, 2.05) is 12.1 Å². The Labute approximate surface area is 141 Å². The van der Waals surface area contributed by atoms with Gasteiger partial charge in [-0.1, -0.05) is 6.08 Å². The fourth-order valence-electron chi connectivity index (χ4n) is 3.58. The molecule has 2 aliphatic rings. The number of pyridine rings is 1. The highest BCUT2D eigenvalue weighted by Crippen LogP contribution is 2.43. The van der Waals surface area contributed by atoms with Gasteiger partial charge in [-0.25, -0.2) is 4.39 Å². The summed E-state index contributed by atoms with van der Waals surface area (Å²) in [6, 6.07) is 7.04. The minimum Gasteiger partial charge on any atom is -0.357 e. The Morgan fingerprint density at radius 3 is 2.58 bits per heavy atom. The summed E-state index contributed by atoms with van der Waals surface area (Å²) >= 11 is 0. The van der Waals surface area contributed by atoms with E-state index in [1.165, 1.54) is 24.5 Å². The summed E-state index contributed by atoms with van der Waals surface area (Å²) in [6.45, 7) is 0. The lowest BCUT2D eigenvalue weighted by Gasteiger charge is -2.42. The van der Waals surface area contributed by atoms with Crippen LogP contribution in [0.2, 0.25) is 0 Å². The van der Waals surface area contributed by atoms with Gasteiger partial charge in [0.25, 0.3) is 0 Å². The molecule has 0 radical (unpaired) electrons. The molecular formula is C19H21FN4. The lowest BCUT2D eigenvalue weighted by Crippen LogP contribution is -2.43. The molecule has 0 bridgehead atoms. The van der Waals surface area contributed by atoms with Gasteiger partial charge >= 0.3 is 0 Å². The number of nitrogens with one attached hydrogen (secondary N) is 1. The molecule has 0 saturated heterocycles. The molecule has 0 amide bonds. The quantitative estimate of drug-likeness (QED) is 0.902. The van der Waals surface area contributed by atoms with Crippen LogP contribution in [0.15, 0.2) is 36.5 Å². The van der Waals surface area contributed by atoms with E-state index in [4.69, 9.17) is 0 Å². The van der Waals surface area contributed by atoms with Crippen molar-refractivity contribution in [3.05, 3.63) is 53.7 Å². The summed E-state index contributed by atoms with van der Waals surface area (Å²) in [6.07, 6.45) is 11.3. The molecule has 124 valence electrons. The van der Waals surface area contributed by atoms with Gasteiger partial charge in [0.05, 0.1) is 11.2 Å². The van der Waals surface area contributed by atoms with Gasteiger partial charge in [0.1, 0.15) is 17.3 Å². The topological polar surface area (TPSA) is 50.7 Å². The largest absolute Gasteiger partial charge is 0.357 e. The van der Waals surface area contributed by atoms with Crippen molar-refractivity contribution in [2.45, 2.75) is 50.5 Å². The minimum absolute atomic E-state index is 0.262. The molecule has 2 aromatic heterocycles. The van der Waals surface area contributed by atoms with Crippen LogP contribution in [0.4, 0.5) is 10.2 Å². The molecule has 2 heterocycles. The van der Waals surface area contributed by atoms with Crippen molar-refractivity contribution in [2.75, 3.05) is 5.32 Å². The third-order valence-electron chi connectivity index (χ3n) is 5.07. The molecule has 4 nitrogen and oxygen atoms in total. The van der Waals surface area contributed by atoms with Gasteiger partial charge in [-0.3, -0.25) is 4.98 Å². The minimum atomic E-state index is -0.453. The van der Waals surface area contributed by atoms with Crippen LogP contribution < -0.4 is 5.32 Å². The molecule has 0 spiro atoms. The highest BCUT2D eigenvalue weighted by Gasteiger charge is 2.42. The van der Waals surface area contributed by atoms with Crippen LogP contribution >= 0.6 is 0 Å². The molecule has 1 saturated carbocycles. The molecule has 0 aliphatic heterocycles. The first-order valence-electron chi connectivity index (χ1n) is 8.69. The fraction of sp³-hybridized carbons (Fsp3) is 0.421. The average molecular weight is 324 g/mol. The SMILES string of the molecule is Fc1cccnc1C1(Nc2ccc(C3=CCCCC3)nn2)CCC1. The van der Waals surface area contributed by atoms with Crippen LogP contribution in [-0.2, 0) is 5.54 Å². The number of hydrogen-bond donors (Lipinski definition) is 1. The first-order chi connectivity index (χ1) is 11.8. The van der Waals surface area contributed by atoms with Crippen LogP contribution in [0.25, 0.3) is 5.57 Å². The molecule has 0 atom stereocenters. The van der Waals surface area contributed by atoms with E-state index in [0.29, 0.717) is 11.5 Å². The Kier molecular flexibility index (Phi) is 4.00. The molecule has 0 aromatic carbocycles. The van der Waals surface area contributed by atoms with Gasteiger partial charge < -0.3 is 5.32 Å². The number of allylic oxidation sites excluding steroid dienone is 2. The van der Waals surface area contributed by atoms with Crippen molar-refractivity contribution in [1.29, 1.82) is 0 Å². The van der Waals surface area contributed by atoms with E-state index in [9.17, 15) is 4.39 Å². The second-order valence-corrected chi connectivity index (χ2v) is 6.67. The van der Waals surface area contributed by atoms with Crippen molar-refractivity contribution in [1.82, 2.24) is 15.2 Å². The van der Waals surface area contributed by atoms with E-state index in [1.54, 1.807) is 12.3 Å². The van der Waals surface area contributed by atoms with Gasteiger partial charge in [0, 0.05) is 6.20 Å². The van der Waals surface area contributed by atoms with Gasteiger partial charge in [0.15, 0.2) is 0 Å². The predicted molar refractivity (Wildman–Crippen MR) is 91.8 cm³/mol. The van der Waals surface area contributed by atoms with Gasteiger partial charge in [0.2, 0.25) is 0 Å². The van der Waals surface area contributed by atoms with Gasteiger partial charge in [-0.05, 0) is 74.8 Å². The van der Waals surface area contributed by atoms with Crippen LogP contribution in [0.3, 0.4) is 0 Å². The molecule has 0 unspecified atom stereocenters. The third-order valence-corrected chi connectivity index (χ3v) is 5.07. The van der Waals surface area contributed by atoms with Crippen molar-refractivity contribution in [3.8, 4) is 0 Å². The number of aromatic nitrogens is 3.